The van der Waals surface area contributed by atoms with Crippen LogP contribution in [0.5, 0.6) is 0 Å². The van der Waals surface area contributed by atoms with Crippen LogP contribution in [-0.4, -0.2) is 22.0 Å². The fourth-order valence-electron chi connectivity index (χ4n) is 4.26. The Bertz CT molecular complexity index is 1100. The second-order valence-electron chi connectivity index (χ2n) is 9.39. The molecule has 1 aliphatic heterocycles. The van der Waals surface area contributed by atoms with Gasteiger partial charge in [0.15, 0.2) is 0 Å². The number of halogens is 2. The van der Waals surface area contributed by atoms with Gasteiger partial charge in [0.05, 0.1) is 11.7 Å². The Kier molecular flexibility index (Phi) is 6.04. The Labute approximate surface area is 187 Å². The van der Waals surface area contributed by atoms with Crippen molar-refractivity contribution in [3.63, 3.8) is 0 Å². The van der Waals surface area contributed by atoms with Crippen LogP contribution in [0.15, 0.2) is 60.8 Å². The van der Waals surface area contributed by atoms with E-state index in [2.05, 4.69) is 54.9 Å². The molecule has 4 rings (SSSR count). The van der Waals surface area contributed by atoms with E-state index < -0.39 is 11.6 Å². The van der Waals surface area contributed by atoms with E-state index in [9.17, 15) is 13.6 Å². The second-order valence-corrected chi connectivity index (χ2v) is 9.39. The molecule has 6 heteroatoms. The monoisotopic (exact) mass is 437 g/mol. The number of carbonyl (C=O) groups excluding carboxylic acids is 1. The molecule has 1 aromatic heterocycles. The van der Waals surface area contributed by atoms with Crippen molar-refractivity contribution < 1.29 is 13.6 Å². The molecule has 0 spiro atoms. The van der Waals surface area contributed by atoms with Gasteiger partial charge >= 0.3 is 6.03 Å². The van der Waals surface area contributed by atoms with Crippen molar-refractivity contribution in [1.29, 1.82) is 0 Å². The highest BCUT2D eigenvalue weighted by Crippen LogP contribution is 2.31. The Morgan fingerprint density at radius 1 is 1.06 bits per heavy atom. The van der Waals surface area contributed by atoms with Gasteiger partial charge in [0.25, 0.3) is 0 Å². The molecule has 0 aliphatic carbocycles. The van der Waals surface area contributed by atoms with Gasteiger partial charge < -0.3 is 14.8 Å². The van der Waals surface area contributed by atoms with E-state index >= 15 is 0 Å². The average molecular weight is 438 g/mol. The molecule has 32 heavy (non-hydrogen) atoms. The van der Waals surface area contributed by atoms with Crippen molar-refractivity contribution in [2.75, 3.05) is 11.9 Å². The quantitative estimate of drug-likeness (QED) is 0.514. The Morgan fingerprint density at radius 2 is 1.81 bits per heavy atom. The maximum Gasteiger partial charge on any atom is 0.322 e. The largest absolute Gasteiger partial charge is 0.350 e. The smallest absolute Gasteiger partial charge is 0.322 e. The summed E-state index contributed by atoms with van der Waals surface area (Å²) in [4.78, 5) is 15.0. The number of hydrogen-bond acceptors (Lipinski definition) is 1. The molecule has 1 aliphatic rings. The van der Waals surface area contributed by atoms with Gasteiger partial charge in [-0.05, 0) is 53.6 Å². The van der Waals surface area contributed by atoms with Crippen molar-refractivity contribution in [3.05, 3.63) is 89.2 Å². The number of aromatic nitrogens is 1. The number of nitrogens with zero attached hydrogens (tertiary/aromatic N) is 2. The molecule has 0 radical (unpaired) electrons. The molecule has 4 nitrogen and oxygen atoms in total. The molecule has 2 heterocycles. The molecular weight excluding hydrogens is 408 g/mol. The van der Waals surface area contributed by atoms with Crippen molar-refractivity contribution in [2.24, 2.45) is 0 Å². The summed E-state index contributed by atoms with van der Waals surface area (Å²) in [5.74, 6) is -1.46. The normalized spacial score (nSPS) is 16.4. The number of amides is 2. The van der Waals surface area contributed by atoms with Crippen LogP contribution in [0.25, 0.3) is 0 Å². The molecule has 2 amide bonds. The van der Waals surface area contributed by atoms with Gasteiger partial charge in [-0.2, -0.15) is 0 Å². The first kappa shape index (κ1) is 22.1. The zero-order chi connectivity index (χ0) is 22.9. The van der Waals surface area contributed by atoms with Gasteiger partial charge in [-0.25, -0.2) is 13.6 Å². The summed E-state index contributed by atoms with van der Waals surface area (Å²) in [5.41, 5.74) is 3.48. The number of nitrogens with one attached hydrogen (secondary N) is 1. The van der Waals surface area contributed by atoms with Crippen LogP contribution < -0.4 is 5.32 Å². The minimum absolute atomic E-state index is 0.0238. The van der Waals surface area contributed by atoms with E-state index in [1.54, 1.807) is 4.90 Å². The van der Waals surface area contributed by atoms with Crippen LogP contribution in [0.1, 0.15) is 50.1 Å². The van der Waals surface area contributed by atoms with Gasteiger partial charge in [0, 0.05) is 31.0 Å². The summed E-state index contributed by atoms with van der Waals surface area (Å²) >= 11 is 0. The molecule has 0 saturated carbocycles. The average Bonchev–Trinajstić information content (AvgIpc) is 3.13. The summed E-state index contributed by atoms with van der Waals surface area (Å²) in [6.07, 6.45) is 3.47. The van der Waals surface area contributed by atoms with Crippen LogP contribution in [0.4, 0.5) is 19.3 Å². The second kappa shape index (κ2) is 8.77. The van der Waals surface area contributed by atoms with Gasteiger partial charge in [-0.15, -0.1) is 0 Å². The van der Waals surface area contributed by atoms with E-state index in [0.29, 0.717) is 13.0 Å². The minimum Gasteiger partial charge on any atom is -0.350 e. The number of benzene rings is 2. The molecule has 3 aromatic rings. The van der Waals surface area contributed by atoms with Crippen LogP contribution in [0, 0.1) is 11.6 Å². The summed E-state index contributed by atoms with van der Waals surface area (Å²) < 4.78 is 29.6. The number of urea groups is 1. The Hall–Kier alpha value is -3.15. The number of aryl methyl sites for hydroxylation is 1. The van der Waals surface area contributed by atoms with Gasteiger partial charge in [0.2, 0.25) is 0 Å². The van der Waals surface area contributed by atoms with Crippen LogP contribution in [-0.2, 0) is 18.4 Å². The third-order valence-corrected chi connectivity index (χ3v) is 6.06. The van der Waals surface area contributed by atoms with E-state index in [1.807, 2.05) is 18.3 Å². The zero-order valence-corrected chi connectivity index (χ0v) is 18.7. The lowest BCUT2D eigenvalue weighted by Gasteiger charge is -2.31. The predicted octanol–water partition coefficient (Wildman–Crippen LogP) is 6.29. The predicted molar refractivity (Wildman–Crippen MR) is 123 cm³/mol. The van der Waals surface area contributed by atoms with Crippen LogP contribution in [0.3, 0.4) is 0 Å². The van der Waals surface area contributed by atoms with Gasteiger partial charge in [-0.1, -0.05) is 45.0 Å². The summed E-state index contributed by atoms with van der Waals surface area (Å²) in [6, 6.07) is 15.1. The lowest BCUT2D eigenvalue weighted by molar-refractivity contribution is 0.188. The SMILES string of the molecule is CC(C)(C)c1ccc(CC2c3cccn3CCCN2C(=O)Nc2ccc(F)cc2F)cc1. The summed E-state index contributed by atoms with van der Waals surface area (Å²) in [6.45, 7) is 7.90. The molecule has 0 bridgehead atoms. The standard InChI is InChI=1S/C26H29F2N3O/c1-26(2,3)19-9-7-18(8-10-19)16-24-23-6-4-13-30(23)14-5-15-31(24)25(32)29-22-12-11-20(27)17-21(22)28/h4,6-13,17,24H,5,14-16H2,1-3H3,(H,29,32). The van der Waals surface area contributed by atoms with E-state index in [-0.39, 0.29) is 23.2 Å². The fraction of sp³-hybridized carbons (Fsp3) is 0.346. The Balaban J connectivity index is 1.62. The molecular formula is C26H29F2N3O. The number of anilines is 1. The summed E-state index contributed by atoms with van der Waals surface area (Å²) in [5, 5.41) is 2.64. The van der Waals surface area contributed by atoms with Crippen molar-refractivity contribution >= 4 is 11.7 Å². The molecule has 1 unspecified atom stereocenters. The third kappa shape index (κ3) is 4.69. The van der Waals surface area contributed by atoms with E-state index in [4.69, 9.17) is 0 Å². The topological polar surface area (TPSA) is 37.3 Å². The molecule has 2 aromatic carbocycles. The fourth-order valence-corrected chi connectivity index (χ4v) is 4.26. The Morgan fingerprint density at radius 3 is 2.50 bits per heavy atom. The number of fused-ring (bicyclic) bond motifs is 1. The number of carbonyl (C=O) groups is 1. The lowest BCUT2D eigenvalue weighted by Crippen LogP contribution is -2.39. The van der Waals surface area contributed by atoms with E-state index in [1.165, 1.54) is 11.6 Å². The number of hydrogen-bond donors (Lipinski definition) is 1. The molecule has 0 fully saturated rings. The van der Waals surface area contributed by atoms with Gasteiger partial charge in [0.1, 0.15) is 11.6 Å². The third-order valence-electron chi connectivity index (χ3n) is 6.06. The molecule has 168 valence electrons. The molecule has 1 N–H and O–H groups in total. The highest BCUT2D eigenvalue weighted by atomic mass is 19.1. The molecule has 1 atom stereocenters. The lowest BCUT2D eigenvalue weighted by atomic mass is 9.86. The highest BCUT2D eigenvalue weighted by Gasteiger charge is 2.30. The zero-order valence-electron chi connectivity index (χ0n) is 18.7. The number of rotatable bonds is 3. The van der Waals surface area contributed by atoms with Crippen molar-refractivity contribution in [3.8, 4) is 0 Å². The van der Waals surface area contributed by atoms with Crippen molar-refractivity contribution in [1.82, 2.24) is 9.47 Å². The van der Waals surface area contributed by atoms with Crippen LogP contribution in [0.2, 0.25) is 0 Å². The summed E-state index contributed by atoms with van der Waals surface area (Å²) in [7, 11) is 0. The first-order valence-electron chi connectivity index (χ1n) is 11.0. The maximum absolute atomic E-state index is 14.1. The van der Waals surface area contributed by atoms with Gasteiger partial charge in [-0.3, -0.25) is 0 Å². The minimum atomic E-state index is -0.786. The first-order valence-corrected chi connectivity index (χ1v) is 11.0. The first-order chi connectivity index (χ1) is 15.2. The maximum atomic E-state index is 14.1. The van der Waals surface area contributed by atoms with E-state index in [0.717, 1.165) is 36.4 Å². The van der Waals surface area contributed by atoms with Crippen molar-refractivity contribution in [2.45, 2.75) is 51.6 Å². The van der Waals surface area contributed by atoms with Crippen LogP contribution >= 0.6 is 0 Å². The highest BCUT2D eigenvalue weighted by molar-refractivity contribution is 5.89. The molecule has 0 saturated heterocycles.